The molecule has 0 spiro atoms. The van der Waals surface area contributed by atoms with Crippen LogP contribution in [0.2, 0.25) is 0 Å². The van der Waals surface area contributed by atoms with Crippen molar-refractivity contribution in [3.63, 3.8) is 0 Å². The van der Waals surface area contributed by atoms with E-state index in [0.29, 0.717) is 16.9 Å². The molecule has 0 radical (unpaired) electrons. The third-order valence-electron chi connectivity index (χ3n) is 3.67. The van der Waals surface area contributed by atoms with Gasteiger partial charge in [-0.2, -0.15) is 0 Å². The number of amides is 1. The zero-order valence-corrected chi connectivity index (χ0v) is 13.2. The molecule has 0 saturated heterocycles. The number of benzene rings is 2. The van der Waals surface area contributed by atoms with E-state index in [2.05, 4.69) is 5.32 Å². The molecule has 0 heterocycles. The Balaban J connectivity index is 2.05. The van der Waals surface area contributed by atoms with Crippen LogP contribution in [0.15, 0.2) is 54.6 Å². The van der Waals surface area contributed by atoms with Gasteiger partial charge in [0.1, 0.15) is 11.7 Å². The van der Waals surface area contributed by atoms with Gasteiger partial charge in [0.2, 0.25) is 0 Å². The maximum absolute atomic E-state index is 12.0. The van der Waals surface area contributed by atoms with E-state index in [0.717, 1.165) is 0 Å². The van der Waals surface area contributed by atoms with Gasteiger partial charge >= 0.3 is 5.97 Å². The molecule has 6 heteroatoms. The smallest absolute Gasteiger partial charge is 0.311 e. The number of ether oxygens (including phenoxy) is 1. The Morgan fingerprint density at radius 2 is 1.71 bits per heavy atom. The second-order valence-corrected chi connectivity index (χ2v) is 5.24. The van der Waals surface area contributed by atoms with E-state index in [1.807, 2.05) is 0 Å². The van der Waals surface area contributed by atoms with Crippen LogP contribution in [0.5, 0.6) is 5.75 Å². The zero-order valence-electron chi connectivity index (χ0n) is 13.2. The van der Waals surface area contributed by atoms with Crippen LogP contribution in [0.4, 0.5) is 0 Å². The Morgan fingerprint density at radius 1 is 1.08 bits per heavy atom. The van der Waals surface area contributed by atoms with Crippen molar-refractivity contribution in [3.8, 4) is 5.75 Å². The number of hydrogen-bond acceptors (Lipinski definition) is 4. The number of aliphatic hydroxyl groups is 1. The number of carbonyl (C=O) groups is 2. The lowest BCUT2D eigenvalue weighted by Crippen LogP contribution is -2.36. The van der Waals surface area contributed by atoms with Crippen LogP contribution in [-0.4, -0.2) is 35.7 Å². The number of carboxylic acids is 1. The van der Waals surface area contributed by atoms with Crippen molar-refractivity contribution in [1.82, 2.24) is 5.32 Å². The van der Waals surface area contributed by atoms with E-state index >= 15 is 0 Å². The van der Waals surface area contributed by atoms with E-state index in [1.54, 1.807) is 54.6 Å². The van der Waals surface area contributed by atoms with Crippen LogP contribution in [0.1, 0.15) is 22.0 Å². The topological polar surface area (TPSA) is 95.9 Å². The van der Waals surface area contributed by atoms with E-state index < -0.39 is 18.0 Å². The highest BCUT2D eigenvalue weighted by Gasteiger charge is 2.28. The SMILES string of the molecule is COc1ccc([C@@H](O)[C@@H](CNC(=O)c2ccccc2)C(=O)O)cc1. The molecule has 126 valence electrons. The van der Waals surface area contributed by atoms with Gasteiger partial charge in [-0.1, -0.05) is 30.3 Å². The van der Waals surface area contributed by atoms with Gasteiger partial charge in [0.15, 0.2) is 0 Å². The predicted molar refractivity (Wildman–Crippen MR) is 87.9 cm³/mol. The number of aliphatic carboxylic acids is 1. The second-order valence-electron chi connectivity index (χ2n) is 5.24. The average Bonchev–Trinajstić information content (AvgIpc) is 2.62. The van der Waals surface area contributed by atoms with Crippen LogP contribution in [0, 0.1) is 5.92 Å². The molecule has 0 fully saturated rings. The summed E-state index contributed by atoms with van der Waals surface area (Å²) >= 11 is 0. The van der Waals surface area contributed by atoms with Crippen molar-refractivity contribution in [2.75, 3.05) is 13.7 Å². The van der Waals surface area contributed by atoms with Gasteiger partial charge in [0.25, 0.3) is 5.91 Å². The van der Waals surface area contributed by atoms with Crippen molar-refractivity contribution < 1.29 is 24.5 Å². The van der Waals surface area contributed by atoms with Crippen molar-refractivity contribution >= 4 is 11.9 Å². The van der Waals surface area contributed by atoms with Gasteiger partial charge in [0.05, 0.1) is 13.2 Å². The molecule has 0 aliphatic rings. The molecule has 1 amide bonds. The minimum absolute atomic E-state index is 0.184. The first-order chi connectivity index (χ1) is 11.5. The highest BCUT2D eigenvalue weighted by atomic mass is 16.5. The number of methoxy groups -OCH3 is 1. The Labute approximate surface area is 139 Å². The summed E-state index contributed by atoms with van der Waals surface area (Å²) in [5, 5.41) is 22.2. The Morgan fingerprint density at radius 3 is 2.25 bits per heavy atom. The molecule has 0 saturated carbocycles. The summed E-state index contributed by atoms with van der Waals surface area (Å²) in [5.41, 5.74) is 0.873. The third kappa shape index (κ3) is 4.33. The number of carboxylic acid groups (broad SMARTS) is 1. The first-order valence-electron chi connectivity index (χ1n) is 7.41. The molecule has 0 aliphatic carbocycles. The standard InChI is InChI=1S/C18H19NO5/c1-24-14-9-7-12(8-10-14)16(20)15(18(22)23)11-19-17(21)13-5-3-2-4-6-13/h2-10,15-16,20H,11H2,1H3,(H,19,21)(H,22,23)/t15-,16-/m1/s1. The zero-order chi connectivity index (χ0) is 17.5. The molecule has 6 nitrogen and oxygen atoms in total. The summed E-state index contributed by atoms with van der Waals surface area (Å²) in [6.07, 6.45) is -1.25. The predicted octanol–water partition coefficient (Wildman–Crippen LogP) is 1.86. The number of hydrogen-bond donors (Lipinski definition) is 3. The van der Waals surface area contributed by atoms with Crippen LogP contribution in [0.25, 0.3) is 0 Å². The Hall–Kier alpha value is -2.86. The lowest BCUT2D eigenvalue weighted by atomic mass is 9.95. The van der Waals surface area contributed by atoms with Gasteiger partial charge in [-0.15, -0.1) is 0 Å². The summed E-state index contributed by atoms with van der Waals surface area (Å²) < 4.78 is 5.03. The quantitative estimate of drug-likeness (QED) is 0.720. The first kappa shape index (κ1) is 17.5. The van der Waals surface area contributed by atoms with Gasteiger partial charge < -0.3 is 20.3 Å². The van der Waals surface area contributed by atoms with E-state index in [1.165, 1.54) is 7.11 Å². The van der Waals surface area contributed by atoms with Crippen LogP contribution >= 0.6 is 0 Å². The molecular weight excluding hydrogens is 310 g/mol. The molecule has 0 aliphatic heterocycles. The van der Waals surface area contributed by atoms with E-state index in [9.17, 15) is 19.8 Å². The Kier molecular flexibility index (Phi) is 5.92. The molecule has 2 atom stereocenters. The number of aliphatic hydroxyl groups excluding tert-OH is 1. The lowest BCUT2D eigenvalue weighted by molar-refractivity contribution is -0.145. The van der Waals surface area contributed by atoms with E-state index in [-0.39, 0.29) is 12.5 Å². The minimum Gasteiger partial charge on any atom is -0.497 e. The number of rotatable bonds is 7. The van der Waals surface area contributed by atoms with Gasteiger partial charge in [-0.05, 0) is 29.8 Å². The molecule has 2 aromatic rings. The molecule has 3 N–H and O–H groups in total. The number of nitrogens with one attached hydrogen (secondary N) is 1. The molecular formula is C18H19NO5. The fourth-order valence-corrected chi connectivity index (χ4v) is 2.26. The summed E-state index contributed by atoms with van der Waals surface area (Å²) in [6.45, 7) is -0.184. The maximum atomic E-state index is 12.0. The molecule has 0 bridgehead atoms. The van der Waals surface area contributed by atoms with Crippen LogP contribution in [0.3, 0.4) is 0 Å². The van der Waals surface area contributed by atoms with Crippen molar-refractivity contribution in [1.29, 1.82) is 0 Å². The monoisotopic (exact) mass is 329 g/mol. The fourth-order valence-electron chi connectivity index (χ4n) is 2.26. The summed E-state index contributed by atoms with van der Waals surface area (Å²) in [4.78, 5) is 23.5. The van der Waals surface area contributed by atoms with Gasteiger partial charge in [-0.25, -0.2) is 0 Å². The minimum atomic E-state index is -1.25. The highest BCUT2D eigenvalue weighted by molar-refractivity contribution is 5.94. The van der Waals surface area contributed by atoms with Crippen molar-refractivity contribution in [3.05, 3.63) is 65.7 Å². The normalized spacial score (nSPS) is 12.9. The first-order valence-corrected chi connectivity index (χ1v) is 7.41. The van der Waals surface area contributed by atoms with Crippen LogP contribution < -0.4 is 10.1 Å². The molecule has 0 aromatic heterocycles. The van der Waals surface area contributed by atoms with Crippen molar-refractivity contribution in [2.45, 2.75) is 6.10 Å². The largest absolute Gasteiger partial charge is 0.497 e. The van der Waals surface area contributed by atoms with E-state index in [4.69, 9.17) is 4.74 Å². The Bertz CT molecular complexity index is 684. The van der Waals surface area contributed by atoms with Gasteiger partial charge in [-0.3, -0.25) is 9.59 Å². The van der Waals surface area contributed by atoms with Gasteiger partial charge in [0, 0.05) is 12.1 Å². The third-order valence-corrected chi connectivity index (χ3v) is 3.67. The summed E-state index contributed by atoms with van der Waals surface area (Å²) in [5.74, 6) is -2.13. The summed E-state index contributed by atoms with van der Waals surface area (Å²) in [6, 6.07) is 14.9. The highest BCUT2D eigenvalue weighted by Crippen LogP contribution is 2.24. The maximum Gasteiger partial charge on any atom is 0.311 e. The summed E-state index contributed by atoms with van der Waals surface area (Å²) in [7, 11) is 1.52. The molecule has 2 rings (SSSR count). The van der Waals surface area contributed by atoms with Crippen molar-refractivity contribution in [2.24, 2.45) is 5.92 Å². The molecule has 0 unspecified atom stereocenters. The number of carbonyl (C=O) groups excluding carboxylic acids is 1. The average molecular weight is 329 g/mol. The van der Waals surface area contributed by atoms with Crippen LogP contribution in [-0.2, 0) is 4.79 Å². The molecule has 24 heavy (non-hydrogen) atoms. The lowest BCUT2D eigenvalue weighted by Gasteiger charge is -2.20. The second kappa shape index (κ2) is 8.12. The fraction of sp³-hybridized carbons (Fsp3) is 0.222. The molecule has 2 aromatic carbocycles.